The molecule has 1 N–H and O–H groups in total. The number of carbonyl (C=O) groups excluding carboxylic acids is 2. The number of halogens is 1. The van der Waals surface area contributed by atoms with Crippen LogP contribution in [0.15, 0.2) is 60.9 Å². The molecule has 0 saturated heterocycles. The lowest BCUT2D eigenvalue weighted by atomic mass is 10.0. The van der Waals surface area contributed by atoms with Crippen molar-refractivity contribution in [3.8, 4) is 5.75 Å². The fraction of sp³-hybridized carbons (Fsp3) is 0.227. The van der Waals surface area contributed by atoms with E-state index in [9.17, 15) is 9.59 Å². The molecular weight excluding hydrogens is 406 g/mol. The number of imidazole rings is 1. The van der Waals surface area contributed by atoms with Crippen LogP contribution >= 0.6 is 11.6 Å². The number of methoxy groups -OCH3 is 1. The van der Waals surface area contributed by atoms with Gasteiger partial charge in [-0.15, -0.1) is 0 Å². The number of hydrogen-bond donors (Lipinski definition) is 1. The molecule has 0 radical (unpaired) electrons. The number of nitrogens with zero attached hydrogens (tertiary/aromatic N) is 2. The van der Waals surface area contributed by atoms with Crippen molar-refractivity contribution in [3.63, 3.8) is 0 Å². The van der Waals surface area contributed by atoms with Crippen molar-refractivity contribution >= 4 is 23.5 Å². The molecule has 1 atom stereocenters. The highest BCUT2D eigenvalue weighted by Gasteiger charge is 2.20. The van der Waals surface area contributed by atoms with Crippen LogP contribution < -0.4 is 10.1 Å². The van der Waals surface area contributed by atoms with E-state index in [0.717, 1.165) is 11.4 Å². The predicted molar refractivity (Wildman–Crippen MR) is 112 cm³/mol. The Kier molecular flexibility index (Phi) is 7.08. The van der Waals surface area contributed by atoms with Gasteiger partial charge in [-0.05, 0) is 42.0 Å². The van der Waals surface area contributed by atoms with Crippen molar-refractivity contribution in [2.24, 2.45) is 7.05 Å². The second kappa shape index (κ2) is 9.93. The topological polar surface area (TPSA) is 82.4 Å². The van der Waals surface area contributed by atoms with Gasteiger partial charge in [-0.25, -0.2) is 4.98 Å². The molecule has 0 aliphatic rings. The lowest BCUT2D eigenvalue weighted by Crippen LogP contribution is -2.30. The van der Waals surface area contributed by atoms with Gasteiger partial charge in [-0.2, -0.15) is 0 Å². The number of nitrogens with one attached hydrogen (secondary N) is 1. The van der Waals surface area contributed by atoms with Crippen LogP contribution in [0.4, 0.5) is 0 Å². The third kappa shape index (κ3) is 5.61. The highest BCUT2D eigenvalue weighted by atomic mass is 35.5. The molecule has 30 heavy (non-hydrogen) atoms. The lowest BCUT2D eigenvalue weighted by Gasteiger charge is -2.18. The number of aryl methyl sites for hydroxylation is 1. The summed E-state index contributed by atoms with van der Waals surface area (Å²) in [5.74, 6) is 0.687. The van der Waals surface area contributed by atoms with Crippen LogP contribution in [0.5, 0.6) is 5.75 Å². The Labute approximate surface area is 179 Å². The van der Waals surface area contributed by atoms with Crippen LogP contribution in [0.1, 0.15) is 34.2 Å². The van der Waals surface area contributed by atoms with Gasteiger partial charge in [0.15, 0.2) is 0 Å². The molecule has 0 spiro atoms. The van der Waals surface area contributed by atoms with Crippen molar-refractivity contribution < 1.29 is 19.1 Å². The molecule has 156 valence electrons. The molecule has 1 unspecified atom stereocenters. The van der Waals surface area contributed by atoms with E-state index in [1.807, 2.05) is 17.8 Å². The quantitative estimate of drug-likeness (QED) is 0.554. The second-order valence-corrected chi connectivity index (χ2v) is 7.06. The number of rotatable bonds is 8. The monoisotopic (exact) mass is 427 g/mol. The van der Waals surface area contributed by atoms with E-state index in [4.69, 9.17) is 21.1 Å². The predicted octanol–water partition coefficient (Wildman–Crippen LogP) is 3.69. The molecule has 0 aliphatic heterocycles. The van der Waals surface area contributed by atoms with E-state index < -0.39 is 12.0 Å². The Hall–Kier alpha value is -3.32. The maximum Gasteiger partial charge on any atom is 0.307 e. The third-order valence-electron chi connectivity index (χ3n) is 4.58. The van der Waals surface area contributed by atoms with Gasteiger partial charge in [0, 0.05) is 30.0 Å². The molecule has 1 amide bonds. The van der Waals surface area contributed by atoms with Crippen molar-refractivity contribution in [1.82, 2.24) is 14.9 Å². The summed E-state index contributed by atoms with van der Waals surface area (Å²) in [6.07, 6.45) is 3.56. The SMILES string of the molecule is COC(=O)CC(NC(=O)c1ccc(OCc2nccn2C)cc1)c1ccc(Cl)cc1. The van der Waals surface area contributed by atoms with Gasteiger partial charge in [0.2, 0.25) is 0 Å². The van der Waals surface area contributed by atoms with Gasteiger partial charge in [0.1, 0.15) is 18.2 Å². The molecule has 2 aromatic carbocycles. The first-order valence-corrected chi connectivity index (χ1v) is 9.66. The van der Waals surface area contributed by atoms with E-state index in [1.54, 1.807) is 54.7 Å². The van der Waals surface area contributed by atoms with E-state index in [0.29, 0.717) is 22.9 Å². The minimum Gasteiger partial charge on any atom is -0.486 e. The molecule has 1 heterocycles. The summed E-state index contributed by atoms with van der Waals surface area (Å²) in [4.78, 5) is 28.7. The lowest BCUT2D eigenvalue weighted by molar-refractivity contribution is -0.141. The Bertz CT molecular complexity index is 1000. The summed E-state index contributed by atoms with van der Waals surface area (Å²) in [6.45, 7) is 0.326. The van der Waals surface area contributed by atoms with Gasteiger partial charge in [-0.1, -0.05) is 23.7 Å². The highest BCUT2D eigenvalue weighted by Crippen LogP contribution is 2.21. The minimum atomic E-state index is -0.540. The zero-order valence-electron chi connectivity index (χ0n) is 16.7. The number of carbonyl (C=O) groups is 2. The normalized spacial score (nSPS) is 11.6. The Morgan fingerprint density at radius 1 is 1.13 bits per heavy atom. The molecule has 3 rings (SSSR count). The largest absolute Gasteiger partial charge is 0.486 e. The summed E-state index contributed by atoms with van der Waals surface area (Å²) in [6, 6.07) is 13.2. The third-order valence-corrected chi connectivity index (χ3v) is 4.83. The van der Waals surface area contributed by atoms with Crippen LogP contribution in [-0.4, -0.2) is 28.5 Å². The number of esters is 1. The zero-order chi connectivity index (χ0) is 21.5. The van der Waals surface area contributed by atoms with Gasteiger partial charge in [0.25, 0.3) is 5.91 Å². The highest BCUT2D eigenvalue weighted by molar-refractivity contribution is 6.30. The van der Waals surface area contributed by atoms with Crippen LogP contribution in [0, 0.1) is 0 Å². The first-order valence-electron chi connectivity index (χ1n) is 9.28. The molecular formula is C22H22ClN3O4. The van der Waals surface area contributed by atoms with Gasteiger partial charge < -0.3 is 19.4 Å². The van der Waals surface area contributed by atoms with E-state index in [2.05, 4.69) is 10.3 Å². The van der Waals surface area contributed by atoms with E-state index in [1.165, 1.54) is 7.11 Å². The van der Waals surface area contributed by atoms with Crippen molar-refractivity contribution in [2.75, 3.05) is 7.11 Å². The number of benzene rings is 2. The van der Waals surface area contributed by atoms with Crippen molar-refractivity contribution in [2.45, 2.75) is 19.1 Å². The van der Waals surface area contributed by atoms with E-state index in [-0.39, 0.29) is 12.3 Å². The molecule has 0 aliphatic carbocycles. The Morgan fingerprint density at radius 2 is 1.83 bits per heavy atom. The van der Waals surface area contributed by atoms with Crippen LogP contribution in [-0.2, 0) is 23.2 Å². The molecule has 0 bridgehead atoms. The van der Waals surface area contributed by atoms with Crippen molar-refractivity contribution in [1.29, 1.82) is 0 Å². The Balaban J connectivity index is 1.66. The van der Waals surface area contributed by atoms with E-state index >= 15 is 0 Å². The first kappa shape index (κ1) is 21.4. The van der Waals surface area contributed by atoms with Crippen molar-refractivity contribution in [3.05, 3.63) is 82.9 Å². The van der Waals surface area contributed by atoms with Crippen LogP contribution in [0.2, 0.25) is 5.02 Å². The molecule has 0 fully saturated rings. The average molecular weight is 428 g/mol. The first-order chi connectivity index (χ1) is 14.5. The fourth-order valence-corrected chi connectivity index (χ4v) is 2.95. The standard InChI is InChI=1S/C22H22ClN3O4/c1-26-12-11-24-20(26)14-30-18-9-5-16(6-10-18)22(28)25-19(13-21(27)29-2)15-3-7-17(23)8-4-15/h3-12,19H,13-14H2,1-2H3,(H,25,28). The fourth-order valence-electron chi connectivity index (χ4n) is 2.82. The summed E-state index contributed by atoms with van der Waals surface area (Å²) >= 11 is 5.94. The smallest absolute Gasteiger partial charge is 0.307 e. The average Bonchev–Trinajstić information content (AvgIpc) is 3.17. The van der Waals surface area contributed by atoms with Gasteiger partial charge >= 0.3 is 5.97 Å². The second-order valence-electron chi connectivity index (χ2n) is 6.63. The van der Waals surface area contributed by atoms with Gasteiger partial charge in [0.05, 0.1) is 19.6 Å². The zero-order valence-corrected chi connectivity index (χ0v) is 17.4. The maximum absolute atomic E-state index is 12.7. The summed E-state index contributed by atoms with van der Waals surface area (Å²) < 4.78 is 12.3. The maximum atomic E-state index is 12.7. The number of ether oxygens (including phenoxy) is 2. The summed E-state index contributed by atoms with van der Waals surface area (Å²) in [5.41, 5.74) is 1.20. The molecule has 3 aromatic rings. The number of aromatic nitrogens is 2. The summed E-state index contributed by atoms with van der Waals surface area (Å²) in [5, 5.41) is 3.45. The molecule has 7 nitrogen and oxygen atoms in total. The molecule has 8 heteroatoms. The van der Waals surface area contributed by atoms with Crippen LogP contribution in [0.3, 0.4) is 0 Å². The molecule has 0 saturated carbocycles. The van der Waals surface area contributed by atoms with Gasteiger partial charge in [-0.3, -0.25) is 9.59 Å². The number of hydrogen-bond acceptors (Lipinski definition) is 5. The molecule has 1 aromatic heterocycles. The minimum absolute atomic E-state index is 0.00866. The number of amides is 1. The Morgan fingerprint density at radius 3 is 2.43 bits per heavy atom. The summed E-state index contributed by atoms with van der Waals surface area (Å²) in [7, 11) is 3.21. The van der Waals surface area contributed by atoms with Crippen LogP contribution in [0.25, 0.3) is 0 Å².